The van der Waals surface area contributed by atoms with Crippen LogP contribution < -0.4 is 9.47 Å². The fourth-order valence-corrected chi connectivity index (χ4v) is 1.17. The maximum atomic E-state index is 10.7. The fourth-order valence-electron chi connectivity index (χ4n) is 1.17. The predicted molar refractivity (Wildman–Crippen MR) is 52.9 cm³/mol. The van der Waals surface area contributed by atoms with Crippen molar-refractivity contribution in [2.24, 2.45) is 0 Å². The number of hydrogen-bond donors (Lipinski definition) is 0. The van der Waals surface area contributed by atoms with Crippen LogP contribution in [0.2, 0.25) is 0 Å². The van der Waals surface area contributed by atoms with Crippen LogP contribution in [0.25, 0.3) is 0 Å². The van der Waals surface area contributed by atoms with Crippen LogP contribution in [0.15, 0.2) is 12.1 Å². The van der Waals surface area contributed by atoms with Gasteiger partial charge in [-0.25, -0.2) is 0 Å². The second-order valence-electron chi connectivity index (χ2n) is 2.71. The molecule has 0 spiro atoms. The number of non-ortho nitro benzene ring substituents is 1. The van der Waals surface area contributed by atoms with Crippen LogP contribution in [0.1, 0.15) is 0 Å². The van der Waals surface area contributed by atoms with E-state index in [4.69, 9.17) is 9.47 Å². The summed E-state index contributed by atoms with van der Waals surface area (Å²) in [7, 11) is 2.46. The van der Waals surface area contributed by atoms with E-state index < -0.39 is 21.2 Å². The molecule has 0 aromatic heterocycles. The minimum absolute atomic E-state index is 0.0524. The minimum atomic E-state index is -0.769. The van der Waals surface area contributed by atoms with Crippen molar-refractivity contribution < 1.29 is 19.3 Å². The van der Waals surface area contributed by atoms with Crippen molar-refractivity contribution in [3.63, 3.8) is 0 Å². The molecule has 0 amide bonds. The van der Waals surface area contributed by atoms with Crippen molar-refractivity contribution >= 4 is 11.4 Å². The van der Waals surface area contributed by atoms with Gasteiger partial charge < -0.3 is 9.47 Å². The molecule has 0 atom stereocenters. The molecular weight excluding hydrogens is 220 g/mol. The number of nitrogens with zero attached hydrogens (tertiary/aromatic N) is 2. The predicted octanol–water partition coefficient (Wildman–Crippen LogP) is 1.52. The van der Waals surface area contributed by atoms with Gasteiger partial charge >= 0.3 is 5.69 Å². The quantitative estimate of drug-likeness (QED) is 0.571. The molecule has 8 nitrogen and oxygen atoms in total. The smallest absolute Gasteiger partial charge is 0.321 e. The zero-order valence-corrected chi connectivity index (χ0v) is 8.50. The third-order valence-electron chi connectivity index (χ3n) is 1.85. The summed E-state index contributed by atoms with van der Waals surface area (Å²) in [5, 5.41) is 21.2. The van der Waals surface area contributed by atoms with Crippen molar-refractivity contribution in [1.29, 1.82) is 0 Å². The number of nitro groups is 2. The van der Waals surface area contributed by atoms with Gasteiger partial charge in [0.05, 0.1) is 36.2 Å². The van der Waals surface area contributed by atoms with E-state index in [9.17, 15) is 20.2 Å². The van der Waals surface area contributed by atoms with Gasteiger partial charge in [-0.05, 0) is 0 Å². The third-order valence-corrected chi connectivity index (χ3v) is 1.85. The molecule has 1 aromatic rings. The van der Waals surface area contributed by atoms with Crippen LogP contribution in [0.3, 0.4) is 0 Å². The van der Waals surface area contributed by atoms with Gasteiger partial charge in [-0.2, -0.15) is 0 Å². The van der Waals surface area contributed by atoms with Crippen LogP contribution in [-0.2, 0) is 0 Å². The van der Waals surface area contributed by atoms with E-state index >= 15 is 0 Å². The van der Waals surface area contributed by atoms with Crippen LogP contribution >= 0.6 is 0 Å². The maximum Gasteiger partial charge on any atom is 0.321 e. The average molecular weight is 228 g/mol. The van der Waals surface area contributed by atoms with Crippen molar-refractivity contribution in [3.8, 4) is 11.5 Å². The molecule has 0 aliphatic heterocycles. The highest BCUT2D eigenvalue weighted by atomic mass is 16.6. The highest BCUT2D eigenvalue weighted by Crippen LogP contribution is 2.40. The molecule has 0 bridgehead atoms. The second kappa shape index (κ2) is 4.43. The minimum Gasteiger partial charge on any atom is -0.492 e. The van der Waals surface area contributed by atoms with Crippen LogP contribution in [0.5, 0.6) is 11.5 Å². The summed E-state index contributed by atoms with van der Waals surface area (Å²) in [6, 6.07) is 1.88. The van der Waals surface area contributed by atoms with E-state index in [0.717, 1.165) is 12.1 Å². The summed E-state index contributed by atoms with van der Waals surface area (Å²) < 4.78 is 9.56. The number of rotatable bonds is 4. The Bertz CT molecular complexity index is 444. The van der Waals surface area contributed by atoms with Crippen LogP contribution in [0.4, 0.5) is 11.4 Å². The number of ether oxygens (including phenoxy) is 2. The zero-order valence-electron chi connectivity index (χ0n) is 8.50. The van der Waals surface area contributed by atoms with E-state index in [1.54, 1.807) is 0 Å². The summed E-state index contributed by atoms with van der Waals surface area (Å²) in [5.74, 6) is -0.193. The highest BCUT2D eigenvalue weighted by molar-refractivity contribution is 5.62. The maximum absolute atomic E-state index is 10.7. The van der Waals surface area contributed by atoms with E-state index in [-0.39, 0.29) is 11.5 Å². The normalized spacial score (nSPS) is 9.62. The molecule has 16 heavy (non-hydrogen) atoms. The molecule has 0 aliphatic carbocycles. The van der Waals surface area contributed by atoms with E-state index in [1.165, 1.54) is 14.2 Å². The molecule has 0 aliphatic rings. The van der Waals surface area contributed by atoms with Gasteiger partial charge in [-0.15, -0.1) is 0 Å². The molecule has 0 unspecified atom stereocenters. The van der Waals surface area contributed by atoms with Crippen molar-refractivity contribution in [2.45, 2.75) is 0 Å². The summed E-state index contributed by atoms with van der Waals surface area (Å²) in [5.41, 5.74) is -0.932. The Morgan fingerprint density at radius 2 is 1.69 bits per heavy atom. The first-order chi connectivity index (χ1) is 7.51. The van der Waals surface area contributed by atoms with Crippen molar-refractivity contribution in [2.75, 3.05) is 14.2 Å². The van der Waals surface area contributed by atoms with Crippen LogP contribution in [-0.4, -0.2) is 24.1 Å². The van der Waals surface area contributed by atoms with Gasteiger partial charge in [0.25, 0.3) is 5.69 Å². The van der Waals surface area contributed by atoms with E-state index in [1.807, 2.05) is 0 Å². The fraction of sp³-hybridized carbons (Fsp3) is 0.250. The highest BCUT2D eigenvalue weighted by Gasteiger charge is 2.25. The average Bonchev–Trinajstić information content (AvgIpc) is 2.26. The Hall–Kier alpha value is -2.38. The second-order valence-corrected chi connectivity index (χ2v) is 2.71. The van der Waals surface area contributed by atoms with Gasteiger partial charge in [-0.1, -0.05) is 0 Å². The molecule has 1 rings (SSSR count). The number of benzene rings is 1. The Balaban J connectivity index is 3.49. The largest absolute Gasteiger partial charge is 0.492 e. The SMILES string of the molecule is COc1cc([N+](=O)[O-])cc([N+](=O)[O-])c1OC. The standard InChI is InChI=1S/C8H8N2O6/c1-15-7-4-5(9(11)12)3-6(10(13)14)8(7)16-2/h3-4H,1-2H3. The van der Waals surface area contributed by atoms with Gasteiger partial charge in [0.1, 0.15) is 0 Å². The molecule has 0 radical (unpaired) electrons. The topological polar surface area (TPSA) is 105 Å². The number of hydrogen-bond acceptors (Lipinski definition) is 6. The first-order valence-corrected chi connectivity index (χ1v) is 4.06. The van der Waals surface area contributed by atoms with Gasteiger partial charge in [0.15, 0.2) is 5.75 Å². The molecule has 0 saturated carbocycles. The van der Waals surface area contributed by atoms with E-state index in [2.05, 4.69) is 0 Å². The lowest BCUT2D eigenvalue weighted by atomic mass is 10.2. The molecule has 0 fully saturated rings. The Morgan fingerprint density at radius 3 is 2.06 bits per heavy atom. The Morgan fingerprint density at radius 1 is 1.06 bits per heavy atom. The summed E-state index contributed by atoms with van der Waals surface area (Å²) in [6.45, 7) is 0. The lowest BCUT2D eigenvalue weighted by Crippen LogP contribution is -1.99. The first-order valence-electron chi connectivity index (χ1n) is 4.06. The molecule has 1 aromatic carbocycles. The van der Waals surface area contributed by atoms with Gasteiger partial charge in [0, 0.05) is 0 Å². The number of nitro benzene ring substituents is 2. The number of methoxy groups -OCH3 is 2. The lowest BCUT2D eigenvalue weighted by molar-refractivity contribution is -0.394. The Kier molecular flexibility index (Phi) is 3.24. The Labute approximate surface area is 89.7 Å². The third kappa shape index (κ3) is 2.00. The molecule has 86 valence electrons. The molecule has 0 heterocycles. The molecule has 0 N–H and O–H groups in total. The summed E-state index contributed by atoms with van der Waals surface area (Å²) in [4.78, 5) is 19.7. The van der Waals surface area contributed by atoms with Crippen LogP contribution in [0, 0.1) is 20.2 Å². The van der Waals surface area contributed by atoms with E-state index in [0.29, 0.717) is 0 Å². The first kappa shape index (κ1) is 11.7. The van der Waals surface area contributed by atoms with Gasteiger partial charge in [0.2, 0.25) is 5.75 Å². The lowest BCUT2D eigenvalue weighted by Gasteiger charge is -2.06. The van der Waals surface area contributed by atoms with Gasteiger partial charge in [-0.3, -0.25) is 20.2 Å². The van der Waals surface area contributed by atoms with Crippen molar-refractivity contribution in [3.05, 3.63) is 32.4 Å². The van der Waals surface area contributed by atoms with Crippen molar-refractivity contribution in [1.82, 2.24) is 0 Å². The summed E-state index contributed by atoms with van der Waals surface area (Å²) >= 11 is 0. The molecule has 0 saturated heterocycles. The molecule has 8 heteroatoms. The monoisotopic (exact) mass is 228 g/mol. The zero-order chi connectivity index (χ0) is 12.3. The molecular formula is C8H8N2O6. The summed E-state index contributed by atoms with van der Waals surface area (Å²) in [6.07, 6.45) is 0.